The summed E-state index contributed by atoms with van der Waals surface area (Å²) in [5.41, 5.74) is 1.36. The van der Waals surface area contributed by atoms with Gasteiger partial charge in [-0.3, -0.25) is 9.59 Å². The first-order valence-corrected chi connectivity index (χ1v) is 11.3. The van der Waals surface area contributed by atoms with E-state index in [1.165, 1.54) is 12.8 Å². The lowest BCUT2D eigenvalue weighted by atomic mass is 10.0. The first-order chi connectivity index (χ1) is 15.6. The lowest BCUT2D eigenvalue weighted by molar-refractivity contribution is -0.123. The van der Waals surface area contributed by atoms with Crippen molar-refractivity contribution in [3.8, 4) is 11.5 Å². The second kappa shape index (κ2) is 10.5. The van der Waals surface area contributed by atoms with Crippen molar-refractivity contribution in [3.05, 3.63) is 59.7 Å². The molecular weight excluding hydrogens is 408 g/mol. The lowest BCUT2D eigenvalue weighted by Gasteiger charge is -2.19. The van der Waals surface area contributed by atoms with E-state index in [0.29, 0.717) is 30.6 Å². The minimum absolute atomic E-state index is 0.131. The topological polar surface area (TPSA) is 96.9 Å². The zero-order valence-corrected chi connectivity index (χ0v) is 18.1. The van der Waals surface area contributed by atoms with E-state index in [0.717, 1.165) is 29.9 Å². The van der Waals surface area contributed by atoms with Gasteiger partial charge in [0.05, 0.1) is 19.3 Å². The number of aliphatic hydroxyl groups excluding tert-OH is 1. The Morgan fingerprint density at radius 3 is 2.28 bits per heavy atom. The van der Waals surface area contributed by atoms with Gasteiger partial charge in [0.25, 0.3) is 5.91 Å². The fourth-order valence-corrected chi connectivity index (χ4v) is 3.27. The largest absolute Gasteiger partial charge is 0.493 e. The van der Waals surface area contributed by atoms with Gasteiger partial charge >= 0.3 is 0 Å². The molecule has 0 heterocycles. The zero-order chi connectivity index (χ0) is 22.3. The average molecular weight is 439 g/mol. The number of carbonyl (C=O) groups is 2. The third-order valence-corrected chi connectivity index (χ3v) is 5.52. The second-order valence-electron chi connectivity index (χ2n) is 8.48. The minimum atomic E-state index is -0.768. The molecule has 4 rings (SSSR count). The highest BCUT2D eigenvalue weighted by Gasteiger charge is 2.25. The highest BCUT2D eigenvalue weighted by Crippen LogP contribution is 2.29. The Bertz CT molecular complexity index is 905. The molecule has 7 nitrogen and oxygen atoms in total. The molecule has 2 aliphatic rings. The van der Waals surface area contributed by atoms with Crippen LogP contribution < -0.4 is 20.1 Å². The van der Waals surface area contributed by atoms with Crippen LogP contribution in [0, 0.1) is 5.92 Å². The predicted molar refractivity (Wildman–Crippen MR) is 120 cm³/mol. The quantitative estimate of drug-likeness (QED) is 0.473. The van der Waals surface area contributed by atoms with Crippen molar-refractivity contribution in [2.24, 2.45) is 5.92 Å². The van der Waals surface area contributed by atoms with E-state index in [-0.39, 0.29) is 25.0 Å². The summed E-state index contributed by atoms with van der Waals surface area (Å²) in [4.78, 5) is 25.4. The molecule has 2 aromatic rings. The Hall–Kier alpha value is -3.06. The monoisotopic (exact) mass is 438 g/mol. The molecule has 0 aliphatic heterocycles. The van der Waals surface area contributed by atoms with E-state index < -0.39 is 6.04 Å². The third kappa shape index (κ3) is 6.72. The van der Waals surface area contributed by atoms with Gasteiger partial charge in [0.1, 0.15) is 17.5 Å². The van der Waals surface area contributed by atoms with Gasteiger partial charge in [0.2, 0.25) is 5.91 Å². The second-order valence-corrected chi connectivity index (χ2v) is 8.48. The predicted octanol–water partition coefficient (Wildman–Crippen LogP) is 2.47. The number of nitrogens with one attached hydrogen (secondary N) is 2. The van der Waals surface area contributed by atoms with E-state index in [2.05, 4.69) is 10.6 Å². The molecule has 3 N–H and O–H groups in total. The van der Waals surface area contributed by atoms with Gasteiger partial charge in [0.15, 0.2) is 0 Å². The fraction of sp³-hybridized carbons (Fsp3) is 0.440. The summed E-state index contributed by atoms with van der Waals surface area (Å²) in [6.07, 6.45) is 5.27. The third-order valence-electron chi connectivity index (χ3n) is 5.52. The summed E-state index contributed by atoms with van der Waals surface area (Å²) in [5, 5.41) is 14.5. The summed E-state index contributed by atoms with van der Waals surface area (Å²) in [6, 6.07) is 13.8. The van der Waals surface area contributed by atoms with Crippen LogP contribution in [-0.2, 0) is 11.2 Å². The van der Waals surface area contributed by atoms with Crippen molar-refractivity contribution in [2.45, 2.75) is 44.2 Å². The Kier molecular flexibility index (Phi) is 7.27. The van der Waals surface area contributed by atoms with Crippen LogP contribution >= 0.6 is 0 Å². The van der Waals surface area contributed by atoms with E-state index in [1.54, 1.807) is 24.3 Å². The molecule has 1 unspecified atom stereocenters. The van der Waals surface area contributed by atoms with Gasteiger partial charge in [0, 0.05) is 18.5 Å². The summed E-state index contributed by atoms with van der Waals surface area (Å²) >= 11 is 0. The van der Waals surface area contributed by atoms with E-state index in [4.69, 9.17) is 14.6 Å². The highest BCUT2D eigenvalue weighted by molar-refractivity contribution is 5.97. The molecule has 170 valence electrons. The van der Waals surface area contributed by atoms with Crippen molar-refractivity contribution in [1.29, 1.82) is 0 Å². The van der Waals surface area contributed by atoms with Gasteiger partial charge in [-0.2, -0.15) is 0 Å². The first kappa shape index (κ1) is 22.1. The smallest absolute Gasteiger partial charge is 0.251 e. The molecule has 2 saturated carbocycles. The standard InChI is InChI=1S/C25H30N2O5/c28-14-13-26-25(30)23(15-17-3-7-21(8-4-17)32-22-11-12-22)27-24(29)19-5-9-20(10-6-19)31-16-18-1-2-18/h3-10,18,22-23,28H,1-2,11-16H2,(H,26,30)(H,27,29). The molecular formula is C25H30N2O5. The first-order valence-electron chi connectivity index (χ1n) is 11.3. The average Bonchev–Trinajstić information content (AvgIpc) is 3.73. The van der Waals surface area contributed by atoms with Crippen LogP contribution in [0.1, 0.15) is 41.6 Å². The van der Waals surface area contributed by atoms with Crippen molar-refractivity contribution < 1.29 is 24.2 Å². The van der Waals surface area contributed by atoms with Crippen molar-refractivity contribution in [2.75, 3.05) is 19.8 Å². The van der Waals surface area contributed by atoms with Crippen LogP contribution in [0.15, 0.2) is 48.5 Å². The van der Waals surface area contributed by atoms with Gasteiger partial charge < -0.3 is 25.2 Å². The number of aliphatic hydroxyl groups is 1. The molecule has 2 amide bonds. The molecule has 0 radical (unpaired) electrons. The Morgan fingerprint density at radius 2 is 1.66 bits per heavy atom. The molecule has 1 atom stereocenters. The fourth-order valence-electron chi connectivity index (χ4n) is 3.27. The molecule has 7 heteroatoms. The van der Waals surface area contributed by atoms with E-state index in [1.807, 2.05) is 24.3 Å². The van der Waals surface area contributed by atoms with Crippen LogP contribution in [-0.4, -0.2) is 48.8 Å². The molecule has 0 bridgehead atoms. The lowest BCUT2D eigenvalue weighted by Crippen LogP contribution is -2.48. The van der Waals surface area contributed by atoms with Gasteiger partial charge in [-0.15, -0.1) is 0 Å². The van der Waals surface area contributed by atoms with Gasteiger partial charge in [-0.1, -0.05) is 12.1 Å². The van der Waals surface area contributed by atoms with E-state index >= 15 is 0 Å². The summed E-state index contributed by atoms with van der Waals surface area (Å²) in [6.45, 7) is 0.678. The number of hydrogen-bond donors (Lipinski definition) is 3. The minimum Gasteiger partial charge on any atom is -0.493 e. The molecule has 0 spiro atoms. The van der Waals surface area contributed by atoms with Crippen molar-refractivity contribution >= 4 is 11.8 Å². The SMILES string of the molecule is O=C(NC(Cc1ccc(OC2CC2)cc1)C(=O)NCCO)c1ccc(OCC2CC2)cc1. The number of hydrogen-bond acceptors (Lipinski definition) is 5. The maximum absolute atomic E-state index is 12.8. The highest BCUT2D eigenvalue weighted by atomic mass is 16.5. The molecule has 0 saturated heterocycles. The molecule has 0 aromatic heterocycles. The molecule has 2 aromatic carbocycles. The van der Waals surface area contributed by atoms with Crippen LogP contribution in [0.25, 0.3) is 0 Å². The van der Waals surface area contributed by atoms with E-state index in [9.17, 15) is 9.59 Å². The summed E-state index contributed by atoms with van der Waals surface area (Å²) in [7, 11) is 0. The Labute approximate surface area is 188 Å². The summed E-state index contributed by atoms with van der Waals surface area (Å²) in [5.74, 6) is 1.53. The van der Waals surface area contributed by atoms with Crippen LogP contribution in [0.4, 0.5) is 0 Å². The maximum Gasteiger partial charge on any atom is 0.251 e. The number of ether oxygens (including phenoxy) is 2. The molecule has 2 fully saturated rings. The van der Waals surface area contributed by atoms with Crippen LogP contribution in [0.3, 0.4) is 0 Å². The van der Waals surface area contributed by atoms with Crippen molar-refractivity contribution in [3.63, 3.8) is 0 Å². The van der Waals surface area contributed by atoms with Gasteiger partial charge in [-0.05, 0) is 73.6 Å². The Balaban J connectivity index is 1.37. The van der Waals surface area contributed by atoms with Crippen molar-refractivity contribution in [1.82, 2.24) is 10.6 Å². The summed E-state index contributed by atoms with van der Waals surface area (Å²) < 4.78 is 11.5. The van der Waals surface area contributed by atoms with Crippen LogP contribution in [0.5, 0.6) is 11.5 Å². The number of benzene rings is 2. The normalized spacial score (nSPS) is 16.2. The number of amides is 2. The number of rotatable bonds is 12. The maximum atomic E-state index is 12.8. The van der Waals surface area contributed by atoms with Gasteiger partial charge in [-0.25, -0.2) is 0 Å². The molecule has 32 heavy (non-hydrogen) atoms. The number of carbonyl (C=O) groups excluding carboxylic acids is 2. The molecule has 2 aliphatic carbocycles. The Morgan fingerprint density at radius 1 is 0.969 bits per heavy atom. The van der Waals surface area contributed by atoms with Crippen LogP contribution in [0.2, 0.25) is 0 Å². The zero-order valence-electron chi connectivity index (χ0n) is 18.1.